The van der Waals surface area contributed by atoms with Gasteiger partial charge >= 0.3 is 0 Å². The molecule has 0 aliphatic carbocycles. The molecule has 6 aromatic rings. The number of aromatic nitrogens is 10. The predicted octanol–water partition coefficient (Wildman–Crippen LogP) is 2.45. The summed E-state index contributed by atoms with van der Waals surface area (Å²) in [5.41, 5.74) is 5.45. The molecule has 0 bridgehead atoms. The van der Waals surface area contributed by atoms with Gasteiger partial charge in [-0.3, -0.25) is 0 Å². The van der Waals surface area contributed by atoms with Gasteiger partial charge in [0.25, 0.3) is 0 Å². The highest BCUT2D eigenvalue weighted by Crippen LogP contribution is 2.45. The van der Waals surface area contributed by atoms with Crippen LogP contribution in [0.4, 0.5) is 5.69 Å². The summed E-state index contributed by atoms with van der Waals surface area (Å²) in [5, 5.41) is 3.31. The van der Waals surface area contributed by atoms with Gasteiger partial charge in [0.15, 0.2) is 0 Å². The third kappa shape index (κ3) is 3.05. The molecule has 7 rings (SSSR count). The Hall–Kier alpha value is -5.39. The average molecular weight is 477 g/mol. The molecule has 0 saturated carbocycles. The Morgan fingerprint density at radius 3 is 1.06 bits per heavy atom. The number of nitrogens with one attached hydrogen (secondary N) is 1. The second kappa shape index (κ2) is 8.13. The minimum Gasteiger partial charge on any atom is -0.372 e. The largest absolute Gasteiger partial charge is 0.372 e. The van der Waals surface area contributed by atoms with Gasteiger partial charge in [0.1, 0.15) is 0 Å². The quantitative estimate of drug-likeness (QED) is 0.394. The fourth-order valence-electron chi connectivity index (χ4n) is 4.62. The van der Waals surface area contributed by atoms with E-state index in [0.29, 0.717) is 6.67 Å². The lowest BCUT2D eigenvalue weighted by atomic mass is 10.1. The Kier molecular flexibility index (Phi) is 4.52. The van der Waals surface area contributed by atoms with Crippen molar-refractivity contribution >= 4 is 5.69 Å². The number of hydrogen-bond acceptors (Lipinski definition) is 7. The van der Waals surface area contributed by atoms with Gasteiger partial charge in [-0.2, -0.15) is 0 Å². The van der Waals surface area contributed by atoms with E-state index in [9.17, 15) is 0 Å². The number of nitrogens with zero attached hydrogens (tertiary/aromatic N) is 11. The third-order valence-corrected chi connectivity index (χ3v) is 6.08. The Morgan fingerprint density at radius 1 is 0.472 bits per heavy atom. The molecule has 36 heavy (non-hydrogen) atoms. The first-order valence-electron chi connectivity index (χ1n) is 11.2. The zero-order valence-corrected chi connectivity index (χ0v) is 18.9. The third-order valence-electron chi connectivity index (χ3n) is 6.08. The van der Waals surface area contributed by atoms with Gasteiger partial charge in [0, 0.05) is 74.4 Å². The molecule has 0 fully saturated rings. The van der Waals surface area contributed by atoms with Crippen molar-refractivity contribution in [3.63, 3.8) is 0 Å². The molecule has 6 heterocycles. The zero-order chi connectivity index (χ0) is 23.9. The van der Waals surface area contributed by atoms with Crippen LogP contribution in [0.5, 0.6) is 0 Å². The smallest absolute Gasteiger partial charge is 0.0994 e. The van der Waals surface area contributed by atoms with Crippen LogP contribution in [0, 0.1) is 0 Å². The number of benzene rings is 1. The van der Waals surface area contributed by atoms with E-state index in [-0.39, 0.29) is 0 Å². The Bertz CT molecular complexity index is 1510. The molecule has 12 nitrogen and oxygen atoms in total. The minimum absolute atomic E-state index is 0.598. The highest BCUT2D eigenvalue weighted by atomic mass is 15.3. The van der Waals surface area contributed by atoms with Crippen LogP contribution < -0.4 is 10.2 Å². The molecule has 5 aromatic heterocycles. The summed E-state index contributed by atoms with van der Waals surface area (Å²) >= 11 is 0. The van der Waals surface area contributed by atoms with E-state index in [0.717, 1.165) is 34.1 Å². The van der Waals surface area contributed by atoms with Gasteiger partial charge in [-0.05, 0) is 0 Å². The van der Waals surface area contributed by atoms with E-state index in [1.54, 1.807) is 62.6 Å². The highest BCUT2D eigenvalue weighted by Gasteiger charge is 2.31. The first-order chi connectivity index (χ1) is 17.9. The lowest BCUT2D eigenvalue weighted by Crippen LogP contribution is -2.25. The van der Waals surface area contributed by atoms with E-state index < -0.39 is 0 Å². The van der Waals surface area contributed by atoms with Gasteiger partial charge in [0.05, 0.1) is 72.4 Å². The second-order valence-corrected chi connectivity index (χ2v) is 8.09. The minimum atomic E-state index is 0.598. The van der Waals surface area contributed by atoms with Crippen molar-refractivity contribution in [1.29, 1.82) is 0 Å². The van der Waals surface area contributed by atoms with Crippen molar-refractivity contribution < 1.29 is 0 Å². The van der Waals surface area contributed by atoms with E-state index in [4.69, 9.17) is 0 Å². The Morgan fingerprint density at radius 2 is 0.806 bits per heavy atom. The van der Waals surface area contributed by atoms with Crippen LogP contribution >= 0.6 is 0 Å². The first-order valence-corrected chi connectivity index (χ1v) is 11.2. The van der Waals surface area contributed by atoms with Crippen LogP contribution in [0.15, 0.2) is 106 Å². The monoisotopic (exact) mass is 476 g/mol. The maximum atomic E-state index is 4.38. The van der Waals surface area contributed by atoms with Crippen molar-refractivity contribution in [2.24, 2.45) is 0 Å². The van der Waals surface area contributed by atoms with Crippen molar-refractivity contribution in [1.82, 2.24) is 53.1 Å². The molecular formula is C24H20N12. The van der Waals surface area contributed by atoms with Crippen LogP contribution in [0.3, 0.4) is 0 Å². The molecule has 1 aromatic carbocycles. The van der Waals surface area contributed by atoms with Crippen molar-refractivity contribution in [2.45, 2.75) is 0 Å². The van der Waals surface area contributed by atoms with Crippen molar-refractivity contribution in [3.8, 4) is 28.4 Å². The first kappa shape index (κ1) is 20.0. The number of hydrogen-bond donors (Lipinski definition) is 1. The maximum absolute atomic E-state index is 4.38. The molecule has 0 radical (unpaired) electrons. The summed E-state index contributed by atoms with van der Waals surface area (Å²) in [5.74, 6) is 0. The fraction of sp³-hybridized carbons (Fsp3) is 0.0417. The lowest BCUT2D eigenvalue weighted by Gasteiger charge is -2.31. The van der Waals surface area contributed by atoms with E-state index in [1.807, 2.05) is 66.2 Å². The summed E-state index contributed by atoms with van der Waals surface area (Å²) in [6.45, 7) is 0.598. The van der Waals surface area contributed by atoms with Gasteiger partial charge in [-0.1, -0.05) is 0 Å². The summed E-state index contributed by atoms with van der Waals surface area (Å²) in [6.07, 6.45) is 31.5. The topological polar surface area (TPSA) is 104 Å². The van der Waals surface area contributed by atoms with Crippen molar-refractivity contribution in [2.75, 3.05) is 11.6 Å². The molecule has 1 N–H and O–H groups in total. The van der Waals surface area contributed by atoms with Crippen LogP contribution in [-0.4, -0.2) is 54.4 Å². The summed E-state index contributed by atoms with van der Waals surface area (Å²) in [4.78, 5) is 24.0. The number of anilines is 1. The molecule has 12 heteroatoms. The summed E-state index contributed by atoms with van der Waals surface area (Å²) in [7, 11) is 0. The summed E-state index contributed by atoms with van der Waals surface area (Å²) in [6, 6.07) is 0. The number of rotatable bonds is 6. The van der Waals surface area contributed by atoms with Crippen LogP contribution in [0.1, 0.15) is 0 Å². The van der Waals surface area contributed by atoms with Crippen molar-refractivity contribution in [3.05, 3.63) is 106 Å². The van der Waals surface area contributed by atoms with Gasteiger partial charge in [-0.25, -0.2) is 24.9 Å². The molecule has 0 unspecified atom stereocenters. The van der Waals surface area contributed by atoms with Crippen LogP contribution in [-0.2, 0) is 0 Å². The zero-order valence-electron chi connectivity index (χ0n) is 18.9. The van der Waals surface area contributed by atoms with Gasteiger partial charge in [-0.15, -0.1) is 0 Å². The Balaban J connectivity index is 1.76. The molecule has 1 aliphatic rings. The molecule has 0 saturated heterocycles. The molecule has 0 amide bonds. The molecular weight excluding hydrogens is 456 g/mol. The molecule has 0 atom stereocenters. The van der Waals surface area contributed by atoms with Crippen LogP contribution in [0.2, 0.25) is 0 Å². The lowest BCUT2D eigenvalue weighted by molar-refractivity contribution is 0.861. The highest BCUT2D eigenvalue weighted by molar-refractivity contribution is 5.93. The van der Waals surface area contributed by atoms with Gasteiger partial charge in [0.2, 0.25) is 0 Å². The Labute approximate surface area is 205 Å². The average Bonchev–Trinajstić information content (AvgIpc) is 3.78. The summed E-state index contributed by atoms with van der Waals surface area (Å²) < 4.78 is 10.1. The molecule has 176 valence electrons. The predicted molar refractivity (Wildman–Crippen MR) is 132 cm³/mol. The standard InChI is InChI=1S/C24H20N12/c1-7-31(13-25-1)19-20(32-8-2-26-14-32)22(34-10-4-28-16-34)24(36-12-6-30-18-36)23(35-11-5-29-17-35)21(19)33-9-3-27-15-33/h1-17,30H,18H2. The van der Waals surface area contributed by atoms with E-state index >= 15 is 0 Å². The second-order valence-electron chi connectivity index (χ2n) is 8.09. The SMILES string of the molecule is C1=CN(c2c(-n3ccnc3)c(-n3ccnc3)c(-n3ccnc3)c(-n3ccnc3)c2-n2ccnc2)CN1. The van der Waals surface area contributed by atoms with E-state index in [1.165, 1.54) is 0 Å². The van der Waals surface area contributed by atoms with E-state index in [2.05, 4.69) is 35.1 Å². The normalized spacial score (nSPS) is 12.9. The fourth-order valence-corrected chi connectivity index (χ4v) is 4.62. The molecule has 0 spiro atoms. The molecule has 1 aliphatic heterocycles. The maximum Gasteiger partial charge on any atom is 0.0994 e. The number of imidazole rings is 5. The van der Waals surface area contributed by atoms with Gasteiger partial charge < -0.3 is 33.1 Å². The van der Waals surface area contributed by atoms with Crippen LogP contribution in [0.25, 0.3) is 28.4 Å².